The maximum absolute atomic E-state index is 11.5. The predicted octanol–water partition coefficient (Wildman–Crippen LogP) is 4.46. The molecule has 4 rings (SSSR count). The molecule has 4 nitrogen and oxygen atoms in total. The molecule has 0 saturated heterocycles. The molecule has 0 bridgehead atoms. The standard InChI is InChI=1S/C22H25NO3/c1-22-10-9-16-15-6-4-14(26-2)11-13(15)3-5-17(16)19(22)7-8-20(22)18(12-23)21(24)25/h4,6,11,16-17,19H,3,5,7-10H2,1-2H3,(H,24,25)/t16-,17-,19+,22+/m1/s1. The number of methoxy groups -OCH3 is 1. The van der Waals surface area contributed by atoms with Crippen LogP contribution in [0.4, 0.5) is 0 Å². The Balaban J connectivity index is 1.70. The number of aryl methyl sites for hydroxylation is 1. The zero-order chi connectivity index (χ0) is 18.5. The van der Waals surface area contributed by atoms with Crippen molar-refractivity contribution in [1.82, 2.24) is 0 Å². The van der Waals surface area contributed by atoms with E-state index in [4.69, 9.17) is 4.74 Å². The van der Waals surface area contributed by atoms with Gasteiger partial charge in [0.05, 0.1) is 7.11 Å². The van der Waals surface area contributed by atoms with Crippen molar-refractivity contribution in [2.75, 3.05) is 7.11 Å². The third-order valence-corrected chi connectivity index (χ3v) is 7.35. The van der Waals surface area contributed by atoms with Crippen LogP contribution in [0.3, 0.4) is 0 Å². The highest BCUT2D eigenvalue weighted by Gasteiger charge is 2.53. The van der Waals surface area contributed by atoms with E-state index in [1.807, 2.05) is 6.07 Å². The van der Waals surface area contributed by atoms with Crippen molar-refractivity contribution in [1.29, 1.82) is 5.26 Å². The van der Waals surface area contributed by atoms with Crippen molar-refractivity contribution < 1.29 is 14.6 Å². The van der Waals surface area contributed by atoms with Crippen LogP contribution in [0, 0.1) is 28.6 Å². The van der Waals surface area contributed by atoms with Gasteiger partial charge in [0.15, 0.2) is 0 Å². The van der Waals surface area contributed by atoms with Crippen LogP contribution in [0.15, 0.2) is 29.3 Å². The molecule has 1 aromatic carbocycles. The zero-order valence-electron chi connectivity index (χ0n) is 15.4. The van der Waals surface area contributed by atoms with Gasteiger partial charge in [-0.3, -0.25) is 0 Å². The number of ether oxygens (including phenoxy) is 1. The first kappa shape index (κ1) is 17.1. The number of carbonyl (C=O) groups is 1. The molecule has 26 heavy (non-hydrogen) atoms. The van der Waals surface area contributed by atoms with Gasteiger partial charge in [-0.25, -0.2) is 4.79 Å². The Morgan fingerprint density at radius 2 is 2.12 bits per heavy atom. The monoisotopic (exact) mass is 351 g/mol. The molecule has 0 aliphatic heterocycles. The van der Waals surface area contributed by atoms with Crippen LogP contribution < -0.4 is 4.74 Å². The molecule has 0 aromatic heterocycles. The molecule has 0 unspecified atom stereocenters. The van der Waals surface area contributed by atoms with Gasteiger partial charge in [-0.1, -0.05) is 13.0 Å². The summed E-state index contributed by atoms with van der Waals surface area (Å²) in [5.41, 5.74) is 3.63. The minimum Gasteiger partial charge on any atom is -0.497 e. The Kier molecular flexibility index (Phi) is 4.06. The maximum atomic E-state index is 11.5. The number of rotatable bonds is 2. The maximum Gasteiger partial charge on any atom is 0.346 e. The third kappa shape index (κ3) is 2.37. The van der Waals surface area contributed by atoms with Gasteiger partial charge in [-0.2, -0.15) is 5.26 Å². The zero-order valence-corrected chi connectivity index (χ0v) is 15.4. The van der Waals surface area contributed by atoms with Gasteiger partial charge in [-0.05, 0) is 90.5 Å². The molecule has 0 amide bonds. The summed E-state index contributed by atoms with van der Waals surface area (Å²) in [6, 6.07) is 8.44. The second-order valence-electron chi connectivity index (χ2n) is 8.25. The number of hydrogen-bond donors (Lipinski definition) is 1. The highest BCUT2D eigenvalue weighted by atomic mass is 16.5. The Morgan fingerprint density at radius 1 is 1.31 bits per heavy atom. The van der Waals surface area contributed by atoms with E-state index in [9.17, 15) is 15.2 Å². The van der Waals surface area contributed by atoms with E-state index in [0.29, 0.717) is 17.8 Å². The molecule has 4 atom stereocenters. The average molecular weight is 351 g/mol. The van der Waals surface area contributed by atoms with Crippen molar-refractivity contribution in [3.8, 4) is 11.8 Å². The van der Waals surface area contributed by atoms with E-state index >= 15 is 0 Å². The summed E-state index contributed by atoms with van der Waals surface area (Å²) >= 11 is 0. The molecule has 2 saturated carbocycles. The summed E-state index contributed by atoms with van der Waals surface area (Å²) in [5.74, 6) is 1.48. The number of benzene rings is 1. The lowest BCUT2D eigenvalue weighted by Gasteiger charge is -2.49. The van der Waals surface area contributed by atoms with Crippen LogP contribution in [0.1, 0.15) is 56.1 Å². The van der Waals surface area contributed by atoms with Gasteiger partial charge < -0.3 is 9.84 Å². The van der Waals surface area contributed by atoms with Crippen LogP contribution in [-0.4, -0.2) is 18.2 Å². The van der Waals surface area contributed by atoms with Crippen LogP contribution in [0.25, 0.3) is 0 Å². The number of hydrogen-bond acceptors (Lipinski definition) is 3. The van der Waals surface area contributed by atoms with E-state index < -0.39 is 5.97 Å². The number of fused-ring (bicyclic) bond motifs is 5. The normalized spacial score (nSPS) is 34.1. The van der Waals surface area contributed by atoms with Gasteiger partial charge in [0.25, 0.3) is 0 Å². The van der Waals surface area contributed by atoms with Crippen molar-refractivity contribution in [2.45, 2.75) is 51.4 Å². The number of carboxylic acid groups (broad SMARTS) is 1. The van der Waals surface area contributed by atoms with Gasteiger partial charge in [0.2, 0.25) is 0 Å². The minimum absolute atomic E-state index is 0.00519. The van der Waals surface area contributed by atoms with Gasteiger partial charge in [-0.15, -0.1) is 0 Å². The van der Waals surface area contributed by atoms with Crippen LogP contribution in [0.5, 0.6) is 5.75 Å². The summed E-state index contributed by atoms with van der Waals surface area (Å²) in [7, 11) is 1.71. The molecule has 4 heteroatoms. The first-order valence-corrected chi connectivity index (χ1v) is 9.53. The van der Waals surface area contributed by atoms with Crippen molar-refractivity contribution in [3.63, 3.8) is 0 Å². The summed E-state index contributed by atoms with van der Waals surface area (Å²) in [6.07, 6.45) is 6.01. The average Bonchev–Trinajstić information content (AvgIpc) is 2.98. The highest BCUT2D eigenvalue weighted by molar-refractivity contribution is 5.92. The molecule has 0 heterocycles. The lowest BCUT2D eigenvalue weighted by molar-refractivity contribution is -0.132. The van der Waals surface area contributed by atoms with E-state index in [0.717, 1.165) is 49.8 Å². The van der Waals surface area contributed by atoms with Crippen LogP contribution in [0.2, 0.25) is 0 Å². The second-order valence-corrected chi connectivity index (χ2v) is 8.25. The molecular formula is C22H25NO3. The molecule has 1 aromatic rings. The number of aliphatic carboxylic acids is 1. The van der Waals surface area contributed by atoms with Gasteiger partial charge in [0, 0.05) is 0 Å². The lowest BCUT2D eigenvalue weighted by atomic mass is 9.55. The fourth-order valence-corrected chi connectivity index (χ4v) is 6.15. The topological polar surface area (TPSA) is 70.3 Å². The van der Waals surface area contributed by atoms with E-state index in [-0.39, 0.29) is 11.0 Å². The molecule has 0 radical (unpaired) electrons. The summed E-state index contributed by atoms with van der Waals surface area (Å²) in [6.45, 7) is 2.21. The van der Waals surface area contributed by atoms with Crippen LogP contribution >= 0.6 is 0 Å². The molecule has 1 N–H and O–H groups in total. The molecule has 2 fully saturated rings. The molecule has 0 spiro atoms. The lowest BCUT2D eigenvalue weighted by Crippen LogP contribution is -2.40. The minimum atomic E-state index is -1.06. The Bertz CT molecular complexity index is 834. The van der Waals surface area contributed by atoms with Crippen molar-refractivity contribution >= 4 is 5.97 Å². The predicted molar refractivity (Wildman–Crippen MR) is 97.9 cm³/mol. The quantitative estimate of drug-likeness (QED) is 0.631. The second kappa shape index (κ2) is 6.16. The number of carboxylic acids is 1. The number of nitriles is 1. The van der Waals surface area contributed by atoms with Crippen molar-refractivity contribution in [3.05, 3.63) is 40.5 Å². The molecule has 3 aliphatic carbocycles. The number of nitrogens with zero attached hydrogens (tertiary/aromatic N) is 1. The largest absolute Gasteiger partial charge is 0.497 e. The van der Waals surface area contributed by atoms with E-state index in [1.54, 1.807) is 7.11 Å². The first-order valence-electron chi connectivity index (χ1n) is 9.53. The van der Waals surface area contributed by atoms with Gasteiger partial charge in [0.1, 0.15) is 17.4 Å². The molecular weight excluding hydrogens is 326 g/mol. The number of allylic oxidation sites excluding steroid dienone is 1. The smallest absolute Gasteiger partial charge is 0.346 e. The Hall–Kier alpha value is -2.28. The summed E-state index contributed by atoms with van der Waals surface area (Å²) < 4.78 is 5.38. The Morgan fingerprint density at radius 3 is 2.81 bits per heavy atom. The Labute approximate surface area is 154 Å². The fraction of sp³-hybridized carbons (Fsp3) is 0.545. The molecule has 136 valence electrons. The molecule has 3 aliphatic rings. The van der Waals surface area contributed by atoms with E-state index in [1.165, 1.54) is 11.1 Å². The fourth-order valence-electron chi connectivity index (χ4n) is 6.15. The summed E-state index contributed by atoms with van der Waals surface area (Å²) in [4.78, 5) is 11.5. The third-order valence-electron chi connectivity index (χ3n) is 7.35. The van der Waals surface area contributed by atoms with Crippen LogP contribution in [-0.2, 0) is 11.2 Å². The van der Waals surface area contributed by atoms with E-state index in [2.05, 4.69) is 25.1 Å². The highest BCUT2D eigenvalue weighted by Crippen LogP contribution is 2.63. The van der Waals surface area contributed by atoms with Crippen molar-refractivity contribution in [2.24, 2.45) is 17.3 Å². The first-order chi connectivity index (χ1) is 12.5. The SMILES string of the molecule is COc1ccc2c(c1)CC[C@@H]1[C@@H]2CC[C@]2(C)C(=C(C#N)C(=O)O)CC[C@@H]12. The van der Waals surface area contributed by atoms with Gasteiger partial charge >= 0.3 is 5.97 Å². The summed E-state index contributed by atoms with van der Waals surface area (Å²) in [5, 5.41) is 18.8.